The van der Waals surface area contributed by atoms with Gasteiger partial charge >= 0.3 is 0 Å². The van der Waals surface area contributed by atoms with E-state index in [0.29, 0.717) is 13.1 Å². The van der Waals surface area contributed by atoms with E-state index in [9.17, 15) is 13.2 Å². The van der Waals surface area contributed by atoms with E-state index in [-0.39, 0.29) is 23.3 Å². The molecular weight excluding hydrogens is 290 g/mol. The molecule has 1 unspecified atom stereocenters. The number of amides is 1. The molecule has 1 heterocycles. The lowest BCUT2D eigenvalue weighted by atomic mass is 9.76. The third-order valence-corrected chi connectivity index (χ3v) is 6.60. The van der Waals surface area contributed by atoms with Gasteiger partial charge in [0.2, 0.25) is 5.91 Å². The highest BCUT2D eigenvalue weighted by atomic mass is 32.2. The lowest BCUT2D eigenvalue weighted by Crippen LogP contribution is -2.42. The molecule has 0 radical (unpaired) electrons. The summed E-state index contributed by atoms with van der Waals surface area (Å²) in [5.41, 5.74) is -0.165. The summed E-state index contributed by atoms with van der Waals surface area (Å²) in [6.45, 7) is 4.65. The van der Waals surface area contributed by atoms with Crippen molar-refractivity contribution in [1.29, 1.82) is 0 Å². The van der Waals surface area contributed by atoms with E-state index in [1.165, 1.54) is 22.7 Å². The highest BCUT2D eigenvalue weighted by molar-refractivity contribution is 7.86. The van der Waals surface area contributed by atoms with Gasteiger partial charge in [0.15, 0.2) is 0 Å². The average molecular weight is 317 g/mol. The van der Waals surface area contributed by atoms with Crippen molar-refractivity contribution < 1.29 is 13.2 Å². The van der Waals surface area contributed by atoms with Crippen LogP contribution < -0.4 is 5.32 Å². The molecule has 1 saturated heterocycles. The zero-order valence-corrected chi connectivity index (χ0v) is 14.2. The number of hydrogen-bond donors (Lipinski definition) is 1. The molecule has 1 aliphatic heterocycles. The summed E-state index contributed by atoms with van der Waals surface area (Å²) >= 11 is 0. The molecule has 0 aromatic rings. The van der Waals surface area contributed by atoms with Crippen LogP contribution in [0.4, 0.5) is 0 Å². The minimum Gasteiger partial charge on any atom is -0.354 e. The fraction of sp³-hybridized carbons (Fsp3) is 0.929. The van der Waals surface area contributed by atoms with E-state index >= 15 is 0 Å². The summed E-state index contributed by atoms with van der Waals surface area (Å²) in [5, 5.41) is 2.96. The van der Waals surface area contributed by atoms with Gasteiger partial charge in [-0.3, -0.25) is 4.79 Å². The number of carbonyl (C=O) groups is 1. The molecule has 1 atom stereocenters. The second kappa shape index (κ2) is 5.85. The topological polar surface area (TPSA) is 69.7 Å². The highest BCUT2D eigenvalue weighted by Gasteiger charge is 2.54. The maximum atomic E-state index is 12.5. The molecule has 6 nitrogen and oxygen atoms in total. The summed E-state index contributed by atoms with van der Waals surface area (Å²) in [6.07, 6.45) is 4.06. The summed E-state index contributed by atoms with van der Waals surface area (Å²) < 4.78 is 27.5. The molecule has 122 valence electrons. The molecule has 7 heteroatoms. The van der Waals surface area contributed by atoms with Crippen LogP contribution in [-0.2, 0) is 15.0 Å². The van der Waals surface area contributed by atoms with Crippen molar-refractivity contribution in [1.82, 2.24) is 13.9 Å². The van der Waals surface area contributed by atoms with Crippen LogP contribution in [0.1, 0.15) is 39.5 Å². The molecule has 1 saturated carbocycles. The zero-order valence-electron chi connectivity index (χ0n) is 13.4. The third kappa shape index (κ3) is 3.10. The second-order valence-electron chi connectivity index (χ2n) is 6.87. The fourth-order valence-electron chi connectivity index (χ4n) is 3.66. The van der Waals surface area contributed by atoms with Gasteiger partial charge in [0.05, 0.1) is 5.92 Å². The fourth-order valence-corrected chi connectivity index (χ4v) is 4.88. The SMILES string of the molecule is CC(C)NC(=O)C1CN(S(=O)(=O)N(C)C)CC12CCCC2. The van der Waals surface area contributed by atoms with Gasteiger partial charge < -0.3 is 5.32 Å². The van der Waals surface area contributed by atoms with Crippen molar-refractivity contribution in [3.8, 4) is 0 Å². The van der Waals surface area contributed by atoms with Gasteiger partial charge in [-0.15, -0.1) is 0 Å². The Morgan fingerprint density at radius 1 is 1.29 bits per heavy atom. The molecule has 1 N–H and O–H groups in total. The molecule has 0 aromatic heterocycles. The van der Waals surface area contributed by atoms with E-state index in [4.69, 9.17) is 0 Å². The first-order chi connectivity index (χ1) is 9.69. The van der Waals surface area contributed by atoms with Gasteiger partial charge in [-0.25, -0.2) is 0 Å². The van der Waals surface area contributed by atoms with Gasteiger partial charge in [-0.05, 0) is 32.1 Å². The monoisotopic (exact) mass is 317 g/mol. The number of nitrogens with one attached hydrogen (secondary N) is 1. The van der Waals surface area contributed by atoms with Gasteiger partial charge in [-0.2, -0.15) is 17.0 Å². The second-order valence-corrected chi connectivity index (χ2v) is 9.01. The number of carbonyl (C=O) groups excluding carboxylic acids is 1. The molecule has 2 rings (SSSR count). The van der Waals surface area contributed by atoms with Gasteiger partial charge in [0.1, 0.15) is 0 Å². The van der Waals surface area contributed by atoms with Crippen molar-refractivity contribution in [2.24, 2.45) is 11.3 Å². The van der Waals surface area contributed by atoms with Crippen molar-refractivity contribution >= 4 is 16.1 Å². The van der Waals surface area contributed by atoms with Crippen LogP contribution in [0.15, 0.2) is 0 Å². The van der Waals surface area contributed by atoms with E-state index in [2.05, 4.69) is 5.32 Å². The van der Waals surface area contributed by atoms with Crippen molar-refractivity contribution in [3.63, 3.8) is 0 Å². The van der Waals surface area contributed by atoms with Crippen LogP contribution in [-0.4, -0.2) is 56.2 Å². The Morgan fingerprint density at radius 2 is 1.86 bits per heavy atom. The third-order valence-electron chi connectivity index (χ3n) is 4.75. The first-order valence-electron chi connectivity index (χ1n) is 7.67. The Morgan fingerprint density at radius 3 is 2.33 bits per heavy atom. The molecule has 0 bridgehead atoms. The number of nitrogens with zero attached hydrogens (tertiary/aromatic N) is 2. The number of hydrogen-bond acceptors (Lipinski definition) is 3. The Kier molecular flexibility index (Phi) is 4.66. The van der Waals surface area contributed by atoms with E-state index < -0.39 is 10.2 Å². The summed E-state index contributed by atoms with van der Waals surface area (Å²) in [5.74, 6) is -0.222. The maximum Gasteiger partial charge on any atom is 0.281 e. The first-order valence-corrected chi connectivity index (χ1v) is 9.07. The van der Waals surface area contributed by atoms with Gasteiger partial charge in [0, 0.05) is 33.2 Å². The quantitative estimate of drug-likeness (QED) is 0.834. The first kappa shape index (κ1) is 16.7. The van der Waals surface area contributed by atoms with Gasteiger partial charge in [0.25, 0.3) is 10.2 Å². The minimum absolute atomic E-state index is 0.00311. The largest absolute Gasteiger partial charge is 0.354 e. The molecule has 1 spiro atoms. The zero-order chi connectivity index (χ0) is 15.8. The predicted molar refractivity (Wildman–Crippen MR) is 81.8 cm³/mol. The standard InChI is InChI=1S/C14H27N3O3S/c1-11(2)15-13(18)12-9-17(21(19,20)16(3)4)10-14(12)7-5-6-8-14/h11-12H,5-10H2,1-4H3,(H,15,18). The van der Waals surface area contributed by atoms with Crippen LogP contribution in [0.3, 0.4) is 0 Å². The van der Waals surface area contributed by atoms with Crippen molar-refractivity contribution in [2.75, 3.05) is 27.2 Å². The van der Waals surface area contributed by atoms with Crippen LogP contribution in [0.2, 0.25) is 0 Å². The predicted octanol–water partition coefficient (Wildman–Crippen LogP) is 0.810. The summed E-state index contributed by atoms with van der Waals surface area (Å²) in [4.78, 5) is 12.5. The summed E-state index contributed by atoms with van der Waals surface area (Å²) in [7, 11) is -0.369. The molecule has 1 amide bonds. The Hall–Kier alpha value is -0.660. The van der Waals surface area contributed by atoms with Crippen LogP contribution >= 0.6 is 0 Å². The molecule has 21 heavy (non-hydrogen) atoms. The Labute approximate surface area is 128 Å². The molecule has 2 fully saturated rings. The van der Waals surface area contributed by atoms with E-state index in [1.807, 2.05) is 13.8 Å². The van der Waals surface area contributed by atoms with Crippen molar-refractivity contribution in [3.05, 3.63) is 0 Å². The molecule has 1 aliphatic carbocycles. The van der Waals surface area contributed by atoms with Crippen LogP contribution in [0.25, 0.3) is 0 Å². The highest BCUT2D eigenvalue weighted by Crippen LogP contribution is 2.49. The van der Waals surface area contributed by atoms with E-state index in [1.54, 1.807) is 0 Å². The maximum absolute atomic E-state index is 12.5. The molecular formula is C14H27N3O3S. The molecule has 0 aromatic carbocycles. The van der Waals surface area contributed by atoms with Crippen molar-refractivity contribution in [2.45, 2.75) is 45.6 Å². The summed E-state index contributed by atoms with van der Waals surface area (Å²) in [6, 6.07) is 0.0791. The molecule has 2 aliphatic rings. The lowest BCUT2D eigenvalue weighted by Gasteiger charge is -2.29. The van der Waals surface area contributed by atoms with Gasteiger partial charge in [-0.1, -0.05) is 12.8 Å². The Balaban J connectivity index is 2.25. The normalized spacial score (nSPS) is 26.1. The average Bonchev–Trinajstić information content (AvgIpc) is 2.97. The Bertz CT molecular complexity index is 496. The minimum atomic E-state index is -3.45. The van der Waals surface area contributed by atoms with E-state index in [0.717, 1.165) is 25.7 Å². The van der Waals surface area contributed by atoms with Crippen LogP contribution in [0.5, 0.6) is 0 Å². The smallest absolute Gasteiger partial charge is 0.281 e. The van der Waals surface area contributed by atoms with Crippen LogP contribution in [0, 0.1) is 11.3 Å². The lowest BCUT2D eigenvalue weighted by molar-refractivity contribution is -0.128. The number of rotatable bonds is 4.